The highest BCUT2D eigenvalue weighted by atomic mass is 127. The van der Waals surface area contributed by atoms with E-state index in [2.05, 4.69) is 62.7 Å². The molecule has 7 heteroatoms. The lowest BCUT2D eigenvalue weighted by Crippen LogP contribution is -2.45. The third kappa shape index (κ3) is 7.09. The number of anilines is 1. The van der Waals surface area contributed by atoms with Gasteiger partial charge in [0.1, 0.15) is 0 Å². The van der Waals surface area contributed by atoms with Crippen molar-refractivity contribution in [3.63, 3.8) is 0 Å². The van der Waals surface area contributed by atoms with Crippen molar-refractivity contribution in [3.05, 3.63) is 28.7 Å². The maximum Gasteiger partial charge on any atom is 0.191 e. The van der Waals surface area contributed by atoms with E-state index in [-0.39, 0.29) is 30.1 Å². The lowest BCUT2D eigenvalue weighted by Gasteiger charge is -2.27. The lowest BCUT2D eigenvalue weighted by atomic mass is 9.93. The van der Waals surface area contributed by atoms with Crippen LogP contribution in [0.1, 0.15) is 39.0 Å². The van der Waals surface area contributed by atoms with E-state index >= 15 is 0 Å². The second-order valence-electron chi connectivity index (χ2n) is 7.45. The van der Waals surface area contributed by atoms with Gasteiger partial charge in [0.15, 0.2) is 5.96 Å². The normalized spacial score (nSPS) is 25.8. The molecule has 2 aliphatic rings. The van der Waals surface area contributed by atoms with E-state index in [9.17, 15) is 5.11 Å². The average molecular weight is 551 g/mol. The number of aliphatic hydroxyl groups excluding tert-OH is 1. The Bertz CT molecular complexity index is 590. The predicted molar refractivity (Wildman–Crippen MR) is 127 cm³/mol. The molecule has 1 aromatic rings. The monoisotopic (exact) mass is 550 g/mol. The van der Waals surface area contributed by atoms with Crippen LogP contribution in [-0.4, -0.2) is 49.4 Å². The molecular weight excluding hydrogens is 519 g/mol. The van der Waals surface area contributed by atoms with Crippen LogP contribution in [0.25, 0.3) is 0 Å². The molecular formula is C20H32BrIN4O. The lowest BCUT2D eigenvalue weighted by molar-refractivity contribution is 0.120. The van der Waals surface area contributed by atoms with E-state index in [4.69, 9.17) is 4.99 Å². The molecule has 0 spiro atoms. The van der Waals surface area contributed by atoms with Gasteiger partial charge in [0.25, 0.3) is 0 Å². The third-order valence-electron chi connectivity index (χ3n) is 5.37. The summed E-state index contributed by atoms with van der Waals surface area (Å²) in [5, 5.41) is 16.6. The van der Waals surface area contributed by atoms with E-state index in [0.29, 0.717) is 12.0 Å². The first-order valence-corrected chi connectivity index (χ1v) is 10.7. The summed E-state index contributed by atoms with van der Waals surface area (Å²) in [7, 11) is 0. The Balaban J connectivity index is 0.00000261. The molecule has 152 valence electrons. The van der Waals surface area contributed by atoms with Crippen molar-refractivity contribution in [3.8, 4) is 0 Å². The fraction of sp³-hybridized carbons (Fsp3) is 0.650. The number of nitrogens with one attached hydrogen (secondary N) is 2. The van der Waals surface area contributed by atoms with Crippen molar-refractivity contribution >= 4 is 51.6 Å². The SMILES string of the molecule is CCNC(=NCC1CCN(c2ccc(Br)cc2)C1)NC1CCC(O)CC1.I. The highest BCUT2D eigenvalue weighted by Gasteiger charge is 2.23. The molecule has 1 heterocycles. The molecule has 1 saturated carbocycles. The van der Waals surface area contributed by atoms with E-state index in [1.807, 2.05) is 0 Å². The molecule has 1 aliphatic carbocycles. The van der Waals surface area contributed by atoms with E-state index in [1.165, 1.54) is 12.1 Å². The van der Waals surface area contributed by atoms with Gasteiger partial charge in [-0.1, -0.05) is 15.9 Å². The minimum Gasteiger partial charge on any atom is -0.393 e. The number of hydrogen-bond acceptors (Lipinski definition) is 3. The van der Waals surface area contributed by atoms with Crippen LogP contribution < -0.4 is 15.5 Å². The zero-order chi connectivity index (χ0) is 18.4. The summed E-state index contributed by atoms with van der Waals surface area (Å²) in [5.74, 6) is 1.53. The largest absolute Gasteiger partial charge is 0.393 e. The van der Waals surface area contributed by atoms with Gasteiger partial charge in [0.05, 0.1) is 6.10 Å². The summed E-state index contributed by atoms with van der Waals surface area (Å²) in [4.78, 5) is 7.30. The maximum atomic E-state index is 9.66. The van der Waals surface area contributed by atoms with Crippen LogP contribution in [0.15, 0.2) is 33.7 Å². The number of aliphatic imine (C=N–C) groups is 1. The van der Waals surface area contributed by atoms with Crippen molar-refractivity contribution in [2.24, 2.45) is 10.9 Å². The summed E-state index contributed by atoms with van der Waals surface area (Å²) in [6.45, 7) is 6.01. The van der Waals surface area contributed by atoms with Crippen molar-refractivity contribution in [1.82, 2.24) is 10.6 Å². The van der Waals surface area contributed by atoms with Gasteiger partial charge in [-0.15, -0.1) is 24.0 Å². The Morgan fingerprint density at radius 1 is 1.19 bits per heavy atom. The Morgan fingerprint density at radius 3 is 2.56 bits per heavy atom. The van der Waals surface area contributed by atoms with Gasteiger partial charge in [-0.05, 0) is 69.2 Å². The Morgan fingerprint density at radius 2 is 1.89 bits per heavy atom. The average Bonchev–Trinajstić information content (AvgIpc) is 3.11. The number of guanidine groups is 1. The molecule has 5 nitrogen and oxygen atoms in total. The minimum atomic E-state index is -0.115. The molecule has 1 saturated heterocycles. The van der Waals surface area contributed by atoms with Crippen LogP contribution in [0, 0.1) is 5.92 Å². The summed E-state index contributed by atoms with van der Waals surface area (Å²) in [5.41, 5.74) is 1.30. The van der Waals surface area contributed by atoms with Gasteiger partial charge < -0.3 is 20.6 Å². The first-order valence-electron chi connectivity index (χ1n) is 9.87. The van der Waals surface area contributed by atoms with Crippen molar-refractivity contribution < 1.29 is 5.11 Å². The topological polar surface area (TPSA) is 59.9 Å². The number of rotatable bonds is 5. The first kappa shape index (κ1) is 22.7. The fourth-order valence-electron chi connectivity index (χ4n) is 3.82. The predicted octanol–water partition coefficient (Wildman–Crippen LogP) is 3.75. The Labute approximate surface area is 188 Å². The van der Waals surface area contributed by atoms with Crippen LogP contribution in [0.4, 0.5) is 5.69 Å². The summed E-state index contributed by atoms with van der Waals surface area (Å²) in [6, 6.07) is 9.00. The van der Waals surface area contributed by atoms with Gasteiger partial charge in [0, 0.05) is 42.4 Å². The molecule has 1 unspecified atom stereocenters. The molecule has 0 amide bonds. The third-order valence-corrected chi connectivity index (χ3v) is 5.90. The van der Waals surface area contributed by atoms with Crippen molar-refractivity contribution in [2.45, 2.75) is 51.2 Å². The second kappa shape index (κ2) is 11.5. The standard InChI is InChI=1S/C20H31BrN4O.HI/c1-2-22-20(24-17-5-9-19(26)10-6-17)23-13-15-11-12-25(14-15)18-7-3-16(21)4-8-18;/h3-4,7-8,15,17,19,26H,2,5-6,9-14H2,1H3,(H2,22,23,24);1H. The summed E-state index contributed by atoms with van der Waals surface area (Å²) >= 11 is 3.50. The first-order chi connectivity index (χ1) is 12.6. The van der Waals surface area contributed by atoms with Crippen LogP contribution in [0.2, 0.25) is 0 Å². The van der Waals surface area contributed by atoms with Gasteiger partial charge in [-0.25, -0.2) is 0 Å². The van der Waals surface area contributed by atoms with E-state index in [0.717, 1.165) is 62.3 Å². The fourth-order valence-corrected chi connectivity index (χ4v) is 4.09. The number of benzene rings is 1. The second-order valence-corrected chi connectivity index (χ2v) is 8.36. The van der Waals surface area contributed by atoms with Crippen LogP contribution in [0.3, 0.4) is 0 Å². The zero-order valence-corrected chi connectivity index (χ0v) is 19.9. The highest BCUT2D eigenvalue weighted by molar-refractivity contribution is 14.0. The van der Waals surface area contributed by atoms with E-state index in [1.54, 1.807) is 0 Å². The van der Waals surface area contributed by atoms with Crippen LogP contribution in [-0.2, 0) is 0 Å². The molecule has 0 bridgehead atoms. The zero-order valence-electron chi connectivity index (χ0n) is 16.0. The molecule has 27 heavy (non-hydrogen) atoms. The molecule has 3 rings (SSSR count). The molecule has 1 atom stereocenters. The van der Waals surface area contributed by atoms with Gasteiger partial charge in [-0.3, -0.25) is 4.99 Å². The Hall–Kier alpha value is -0.540. The maximum absolute atomic E-state index is 9.66. The number of aliphatic hydroxyl groups is 1. The van der Waals surface area contributed by atoms with Crippen LogP contribution >= 0.6 is 39.9 Å². The minimum absolute atomic E-state index is 0. The number of nitrogens with zero attached hydrogens (tertiary/aromatic N) is 2. The molecule has 1 aromatic carbocycles. The van der Waals surface area contributed by atoms with Gasteiger partial charge >= 0.3 is 0 Å². The summed E-state index contributed by atoms with van der Waals surface area (Å²) in [6.07, 6.45) is 4.90. The molecule has 0 aromatic heterocycles. The van der Waals surface area contributed by atoms with E-state index < -0.39 is 0 Å². The smallest absolute Gasteiger partial charge is 0.191 e. The highest BCUT2D eigenvalue weighted by Crippen LogP contribution is 2.25. The summed E-state index contributed by atoms with van der Waals surface area (Å²) < 4.78 is 1.12. The molecule has 3 N–H and O–H groups in total. The van der Waals surface area contributed by atoms with Crippen molar-refractivity contribution in [1.29, 1.82) is 0 Å². The molecule has 0 radical (unpaired) electrons. The van der Waals surface area contributed by atoms with Crippen LogP contribution in [0.5, 0.6) is 0 Å². The van der Waals surface area contributed by atoms with Gasteiger partial charge in [-0.2, -0.15) is 0 Å². The van der Waals surface area contributed by atoms with Gasteiger partial charge in [0.2, 0.25) is 0 Å². The number of halogens is 2. The quantitative estimate of drug-likeness (QED) is 0.297. The molecule has 2 fully saturated rings. The number of hydrogen-bond donors (Lipinski definition) is 3. The molecule has 1 aliphatic heterocycles. The van der Waals surface area contributed by atoms with Crippen molar-refractivity contribution in [2.75, 3.05) is 31.1 Å². The Kier molecular flexibility index (Phi) is 9.65.